The molecule has 32 heavy (non-hydrogen) atoms. The van der Waals surface area contributed by atoms with Crippen LogP contribution in [0.4, 0.5) is 0 Å². The fraction of sp³-hybridized carbons (Fsp3) is 0.240. The van der Waals surface area contributed by atoms with E-state index in [-0.39, 0.29) is 24.0 Å². The summed E-state index contributed by atoms with van der Waals surface area (Å²) in [6.45, 7) is 0.472. The van der Waals surface area contributed by atoms with E-state index >= 15 is 0 Å². The van der Waals surface area contributed by atoms with Gasteiger partial charge in [-0.2, -0.15) is 0 Å². The minimum atomic E-state index is -0.981. The third-order valence-corrected chi connectivity index (χ3v) is 5.83. The molecule has 0 bridgehead atoms. The smallest absolute Gasteiger partial charge is 0.335 e. The molecule has 4 rings (SSSR count). The number of hydrogen-bond donors (Lipinski definition) is 3. The van der Waals surface area contributed by atoms with Crippen LogP contribution in [0, 0.1) is 0 Å². The van der Waals surface area contributed by atoms with Crippen molar-refractivity contribution < 1.29 is 19.7 Å². The number of aliphatic hydroxyl groups is 1. The molecule has 7 heteroatoms. The molecule has 1 aliphatic carbocycles. The van der Waals surface area contributed by atoms with Crippen LogP contribution in [0.2, 0.25) is 5.02 Å². The summed E-state index contributed by atoms with van der Waals surface area (Å²) in [6, 6.07) is 20.0. The Morgan fingerprint density at radius 2 is 1.81 bits per heavy atom. The monoisotopic (exact) mass is 473 g/mol. The van der Waals surface area contributed by atoms with Crippen LogP contribution in [0.3, 0.4) is 0 Å². The zero-order valence-electron chi connectivity index (χ0n) is 17.3. The minimum absolute atomic E-state index is 0. The van der Waals surface area contributed by atoms with Gasteiger partial charge in [-0.15, -0.1) is 12.4 Å². The zero-order valence-corrected chi connectivity index (χ0v) is 18.9. The van der Waals surface area contributed by atoms with Crippen LogP contribution >= 0.6 is 24.0 Å². The van der Waals surface area contributed by atoms with Crippen LogP contribution in [0.25, 0.3) is 0 Å². The van der Waals surface area contributed by atoms with E-state index in [0.29, 0.717) is 23.1 Å². The van der Waals surface area contributed by atoms with E-state index in [1.807, 2.05) is 24.3 Å². The Morgan fingerprint density at radius 1 is 1.06 bits per heavy atom. The third kappa shape index (κ3) is 6.02. The van der Waals surface area contributed by atoms with Crippen molar-refractivity contribution in [3.8, 4) is 11.5 Å². The molecule has 0 fully saturated rings. The fourth-order valence-corrected chi connectivity index (χ4v) is 4.01. The van der Waals surface area contributed by atoms with Gasteiger partial charge >= 0.3 is 5.97 Å². The second-order valence-corrected chi connectivity index (χ2v) is 8.22. The van der Waals surface area contributed by atoms with E-state index in [4.69, 9.17) is 21.4 Å². The summed E-state index contributed by atoms with van der Waals surface area (Å²) in [7, 11) is 0. The standard InChI is InChI=1S/C25H24ClNO4.ClH/c26-20-8-4-17(5-9-20)24(28)15-27-21-10-6-16-7-11-23(14-19(16)12-21)31-22-3-1-2-18(13-22)25(29)30;/h1-5,7-9,11,13-14,21,24,27-28H,6,10,12,15H2,(H,29,30);1H/t21-,24-;/m0./s1. The summed E-state index contributed by atoms with van der Waals surface area (Å²) >= 11 is 5.91. The molecular weight excluding hydrogens is 449 g/mol. The maximum absolute atomic E-state index is 11.2. The van der Waals surface area contributed by atoms with E-state index in [9.17, 15) is 9.90 Å². The topological polar surface area (TPSA) is 78.8 Å². The molecule has 5 nitrogen and oxygen atoms in total. The first-order valence-corrected chi connectivity index (χ1v) is 10.7. The lowest BCUT2D eigenvalue weighted by Gasteiger charge is -2.27. The van der Waals surface area contributed by atoms with E-state index in [2.05, 4.69) is 11.4 Å². The second kappa shape index (κ2) is 10.8. The van der Waals surface area contributed by atoms with Gasteiger partial charge in [0.2, 0.25) is 0 Å². The Bertz CT molecular complexity index is 1070. The number of carboxylic acid groups (broad SMARTS) is 1. The van der Waals surface area contributed by atoms with Gasteiger partial charge in [0.1, 0.15) is 11.5 Å². The van der Waals surface area contributed by atoms with Crippen LogP contribution in [-0.4, -0.2) is 28.8 Å². The number of halogens is 2. The van der Waals surface area contributed by atoms with Gasteiger partial charge in [-0.3, -0.25) is 0 Å². The Labute approximate surface area is 198 Å². The van der Waals surface area contributed by atoms with E-state index in [1.165, 1.54) is 23.3 Å². The number of aliphatic hydroxyl groups excluding tert-OH is 1. The van der Waals surface area contributed by atoms with Crippen LogP contribution in [0.5, 0.6) is 11.5 Å². The number of hydrogen-bond acceptors (Lipinski definition) is 4. The van der Waals surface area contributed by atoms with Crippen molar-refractivity contribution in [2.45, 2.75) is 31.4 Å². The maximum atomic E-state index is 11.2. The molecule has 0 aliphatic heterocycles. The first kappa shape index (κ1) is 24.1. The number of aryl methyl sites for hydroxylation is 1. The summed E-state index contributed by atoms with van der Waals surface area (Å²) in [5, 5.41) is 23.7. The molecule has 3 N–H and O–H groups in total. The predicted octanol–water partition coefficient (Wildman–Crippen LogP) is 5.43. The maximum Gasteiger partial charge on any atom is 0.335 e. The number of fused-ring (bicyclic) bond motifs is 1. The molecule has 0 radical (unpaired) electrons. The number of rotatable bonds is 7. The summed E-state index contributed by atoms with van der Waals surface area (Å²) in [6.07, 6.45) is 2.21. The molecule has 0 unspecified atom stereocenters. The van der Waals surface area contributed by atoms with Crippen LogP contribution < -0.4 is 10.1 Å². The number of carboxylic acids is 1. The summed E-state index contributed by atoms with van der Waals surface area (Å²) in [4.78, 5) is 11.2. The number of ether oxygens (including phenoxy) is 1. The number of aromatic carboxylic acids is 1. The number of nitrogens with one attached hydrogen (secondary N) is 1. The van der Waals surface area contributed by atoms with Gasteiger partial charge in [-0.25, -0.2) is 4.79 Å². The highest BCUT2D eigenvalue weighted by Crippen LogP contribution is 2.29. The first-order valence-electron chi connectivity index (χ1n) is 10.3. The number of benzene rings is 3. The van der Waals surface area contributed by atoms with Crippen LogP contribution in [0.1, 0.15) is 39.6 Å². The average molecular weight is 474 g/mol. The van der Waals surface area contributed by atoms with E-state index in [1.54, 1.807) is 24.3 Å². The van der Waals surface area contributed by atoms with Gasteiger partial charge < -0.3 is 20.3 Å². The lowest BCUT2D eigenvalue weighted by Crippen LogP contribution is -2.37. The molecule has 0 heterocycles. The van der Waals surface area contributed by atoms with Gasteiger partial charge in [0.05, 0.1) is 11.7 Å². The highest BCUT2D eigenvalue weighted by molar-refractivity contribution is 6.30. The molecular formula is C25H25Cl2NO4. The number of carbonyl (C=O) groups is 1. The van der Waals surface area contributed by atoms with Crippen molar-refractivity contribution in [1.29, 1.82) is 0 Å². The van der Waals surface area contributed by atoms with Crippen molar-refractivity contribution >= 4 is 30.0 Å². The van der Waals surface area contributed by atoms with Crippen molar-refractivity contribution in [2.24, 2.45) is 0 Å². The highest BCUT2D eigenvalue weighted by atomic mass is 35.5. The lowest BCUT2D eigenvalue weighted by molar-refractivity contribution is 0.0696. The largest absolute Gasteiger partial charge is 0.478 e. The van der Waals surface area contributed by atoms with Crippen molar-refractivity contribution in [3.05, 3.63) is 94.0 Å². The molecule has 0 saturated heterocycles. The van der Waals surface area contributed by atoms with Gasteiger partial charge in [0.25, 0.3) is 0 Å². The molecule has 0 amide bonds. The average Bonchev–Trinajstić information content (AvgIpc) is 2.78. The van der Waals surface area contributed by atoms with Crippen LogP contribution in [-0.2, 0) is 12.8 Å². The highest BCUT2D eigenvalue weighted by Gasteiger charge is 2.20. The lowest BCUT2D eigenvalue weighted by atomic mass is 9.88. The molecule has 0 aromatic heterocycles. The quantitative estimate of drug-likeness (QED) is 0.426. The molecule has 168 valence electrons. The van der Waals surface area contributed by atoms with Crippen molar-refractivity contribution in [1.82, 2.24) is 5.32 Å². The normalized spacial score (nSPS) is 15.9. The zero-order chi connectivity index (χ0) is 21.8. The van der Waals surface area contributed by atoms with Crippen LogP contribution in [0.15, 0.2) is 66.7 Å². The molecule has 2 atom stereocenters. The second-order valence-electron chi connectivity index (χ2n) is 7.78. The van der Waals surface area contributed by atoms with Gasteiger partial charge in [-0.05, 0) is 78.4 Å². The molecule has 0 saturated carbocycles. The Hall–Kier alpha value is -2.57. The Morgan fingerprint density at radius 3 is 2.56 bits per heavy atom. The van der Waals surface area contributed by atoms with Gasteiger partial charge in [-0.1, -0.05) is 35.9 Å². The van der Waals surface area contributed by atoms with Gasteiger partial charge in [0, 0.05) is 17.6 Å². The minimum Gasteiger partial charge on any atom is -0.478 e. The van der Waals surface area contributed by atoms with E-state index < -0.39 is 12.1 Å². The molecule has 0 spiro atoms. The van der Waals surface area contributed by atoms with E-state index in [0.717, 1.165) is 24.8 Å². The SMILES string of the molecule is Cl.O=C(O)c1cccc(Oc2ccc3c(c2)C[C@@H](NC[C@H](O)c2ccc(Cl)cc2)CC3)c1. The Balaban J connectivity index is 0.00000289. The summed E-state index contributed by atoms with van der Waals surface area (Å²) in [5.41, 5.74) is 3.53. The molecule has 3 aromatic carbocycles. The van der Waals surface area contributed by atoms with Crippen molar-refractivity contribution in [3.63, 3.8) is 0 Å². The predicted molar refractivity (Wildman–Crippen MR) is 127 cm³/mol. The summed E-state index contributed by atoms with van der Waals surface area (Å²) in [5.74, 6) is 0.199. The first-order chi connectivity index (χ1) is 15.0. The molecule has 1 aliphatic rings. The molecule has 3 aromatic rings. The summed E-state index contributed by atoms with van der Waals surface area (Å²) < 4.78 is 5.90. The third-order valence-electron chi connectivity index (χ3n) is 5.58. The van der Waals surface area contributed by atoms with Crippen molar-refractivity contribution in [2.75, 3.05) is 6.54 Å². The van der Waals surface area contributed by atoms with Gasteiger partial charge in [0.15, 0.2) is 0 Å². The Kier molecular flexibility index (Phi) is 8.15. The fourth-order valence-electron chi connectivity index (χ4n) is 3.88.